The first-order valence-electron chi connectivity index (χ1n) is 3.02. The van der Waals surface area contributed by atoms with E-state index in [1.807, 2.05) is 0 Å². The summed E-state index contributed by atoms with van der Waals surface area (Å²) < 4.78 is 102. The van der Waals surface area contributed by atoms with E-state index in [2.05, 4.69) is 0 Å². The Balaban J connectivity index is -0.0000000321. The smallest absolute Gasteiger partial charge is 0.759 e. The summed E-state index contributed by atoms with van der Waals surface area (Å²) >= 11 is 0. The second-order valence-corrected chi connectivity index (χ2v) is 3.99. The molecule has 0 aliphatic rings. The van der Waals surface area contributed by atoms with Crippen LogP contribution in [-0.2, 0) is 31.2 Å². The van der Waals surface area contributed by atoms with Crippen LogP contribution in [0.25, 0.3) is 0 Å². The molecule has 0 amide bonds. The van der Waals surface area contributed by atoms with Crippen molar-refractivity contribution in [2.45, 2.75) is 6.92 Å². The van der Waals surface area contributed by atoms with Crippen LogP contribution < -0.4 is 0 Å². The van der Waals surface area contributed by atoms with Gasteiger partial charge in [0.1, 0.15) is 0 Å². The summed E-state index contributed by atoms with van der Waals surface area (Å²) in [5.74, 6) is 0. The van der Waals surface area contributed by atoms with Crippen molar-refractivity contribution in [1.29, 1.82) is 0 Å². The Hall–Kier alpha value is 2.32. The zero-order valence-corrected chi connectivity index (χ0v) is 18.0. The van der Waals surface area contributed by atoms with E-state index >= 15 is 0 Å². The number of rotatable bonds is 0. The maximum Gasteiger partial charge on any atom is 3.00 e. The number of hydrogen-bond acceptors (Lipinski definition) is 13. The summed E-state index contributed by atoms with van der Waals surface area (Å²) in [4.78, 5) is 0. The second-order valence-electron chi connectivity index (χ2n) is 1.54. The van der Waals surface area contributed by atoms with Crippen molar-refractivity contribution in [1.82, 2.24) is 0 Å². The molecule has 1 N–H and O–H groups in total. The van der Waals surface area contributed by atoms with Gasteiger partial charge in [0.05, 0.1) is 0 Å². The minimum Gasteiger partial charge on any atom is -0.759 e. The van der Waals surface area contributed by atoms with Gasteiger partial charge in [-0.3, -0.25) is 25.3 Å². The van der Waals surface area contributed by atoms with Gasteiger partial charge in [-0.05, 0) is 6.92 Å². The minimum absolute atomic E-state index is 0. The Morgan fingerprint density at radius 1 is 0.650 bits per heavy atom. The van der Waals surface area contributed by atoms with Gasteiger partial charge in [0, 0.05) is 37.8 Å². The first-order valence-corrected chi connectivity index (χ1v) is 7.02. The SMILES string of the molecule is CCO.O=S(=O)([O-])[O-].O=S(=O)([O-])[O-].O=S(=O)([O-])[O-].[Ce+3].[Ce+3]. The van der Waals surface area contributed by atoms with Crippen LogP contribution in [0.4, 0.5) is 0 Å². The van der Waals surface area contributed by atoms with Crippen LogP contribution in [-0.4, -0.2) is 64.3 Å². The molecule has 20 heavy (non-hydrogen) atoms. The third-order valence-corrected chi connectivity index (χ3v) is 0. The predicted octanol–water partition coefficient (Wildman–Crippen LogP) is -4.02. The molecule has 2 radical (unpaired) electrons. The molecule has 0 fully saturated rings. The van der Waals surface area contributed by atoms with Crippen molar-refractivity contribution in [3.8, 4) is 0 Å². The molecule has 0 rings (SSSR count). The van der Waals surface area contributed by atoms with Crippen LogP contribution in [0.1, 0.15) is 6.92 Å². The van der Waals surface area contributed by atoms with E-state index < -0.39 is 31.2 Å². The van der Waals surface area contributed by atoms with Gasteiger partial charge in [0.25, 0.3) is 0 Å². The Labute approximate surface area is 183 Å². The summed E-state index contributed by atoms with van der Waals surface area (Å²) in [6, 6.07) is 0. The van der Waals surface area contributed by atoms with Gasteiger partial charge in [-0.1, -0.05) is 0 Å². The Kier molecular flexibility index (Phi) is 36.9. The molecule has 0 saturated heterocycles. The van der Waals surface area contributed by atoms with Gasteiger partial charge in [-0.25, -0.2) is 0 Å². The molecule has 0 unspecified atom stereocenters. The van der Waals surface area contributed by atoms with Gasteiger partial charge in [-0.15, -0.1) is 0 Å². The fraction of sp³-hybridized carbons (Fsp3) is 1.00. The molecule has 0 aliphatic heterocycles. The van der Waals surface area contributed by atoms with E-state index in [1.54, 1.807) is 6.92 Å². The molecule has 0 aliphatic carbocycles. The second kappa shape index (κ2) is 19.4. The fourth-order valence-electron chi connectivity index (χ4n) is 0. The van der Waals surface area contributed by atoms with E-state index in [0.717, 1.165) is 0 Å². The molecule has 0 spiro atoms. The molecule has 0 heterocycles. The molecule has 118 valence electrons. The van der Waals surface area contributed by atoms with Gasteiger partial charge in [0.15, 0.2) is 0 Å². The van der Waals surface area contributed by atoms with E-state index in [-0.39, 0.29) is 90.1 Å². The third kappa shape index (κ3) is 1410. The largest absolute Gasteiger partial charge is 3.00 e. The normalized spacial score (nSPS) is 9.60. The predicted molar refractivity (Wildman–Crippen MR) is 44.2 cm³/mol. The summed E-state index contributed by atoms with van der Waals surface area (Å²) in [6.07, 6.45) is 0. The first kappa shape index (κ1) is 38.1. The molecule has 0 atom stereocenters. The van der Waals surface area contributed by atoms with Crippen molar-refractivity contribution >= 4 is 31.2 Å². The molecule has 0 aromatic carbocycles. The van der Waals surface area contributed by atoms with Gasteiger partial charge >= 0.3 is 83.5 Å². The van der Waals surface area contributed by atoms with Crippen molar-refractivity contribution in [3.05, 3.63) is 0 Å². The van der Waals surface area contributed by atoms with E-state index in [0.29, 0.717) is 0 Å². The monoisotopic (exact) mass is 614 g/mol. The Bertz CT molecular complexity index is 364. The maximum atomic E-state index is 8.52. The third-order valence-electron chi connectivity index (χ3n) is 0. The van der Waals surface area contributed by atoms with Crippen LogP contribution in [0.15, 0.2) is 0 Å². The van der Waals surface area contributed by atoms with Crippen LogP contribution in [0.5, 0.6) is 0 Å². The number of aliphatic hydroxyl groups is 1. The number of aliphatic hydroxyl groups excluding tert-OH is 1. The van der Waals surface area contributed by atoms with Gasteiger partial charge in [-0.2, -0.15) is 0 Å². The Morgan fingerprint density at radius 3 is 0.650 bits per heavy atom. The zero-order chi connectivity index (χ0) is 16.2. The molecule has 0 aromatic heterocycles. The summed E-state index contributed by atoms with van der Waals surface area (Å²) in [6.45, 7) is 1.93. The average molecular weight is 614 g/mol. The molecular formula is C2H6Ce2O13S3. The van der Waals surface area contributed by atoms with Crippen molar-refractivity contribution in [3.63, 3.8) is 0 Å². The average Bonchev–Trinajstić information content (AvgIpc) is 1.71. The van der Waals surface area contributed by atoms with Crippen LogP contribution in [0, 0.1) is 83.5 Å². The van der Waals surface area contributed by atoms with E-state index in [9.17, 15) is 0 Å². The molecule has 0 saturated carbocycles. The summed E-state index contributed by atoms with van der Waals surface area (Å²) in [5.41, 5.74) is 0. The first-order chi connectivity index (χ1) is 7.41. The molecule has 0 aromatic rings. The molecule has 0 bridgehead atoms. The summed E-state index contributed by atoms with van der Waals surface area (Å²) in [7, 11) is -15.5. The van der Waals surface area contributed by atoms with Crippen LogP contribution in [0.3, 0.4) is 0 Å². The van der Waals surface area contributed by atoms with Crippen molar-refractivity contribution in [2.75, 3.05) is 6.61 Å². The van der Waals surface area contributed by atoms with Crippen LogP contribution >= 0.6 is 0 Å². The summed E-state index contributed by atoms with van der Waals surface area (Å²) in [5, 5.41) is 7.57. The van der Waals surface area contributed by atoms with Crippen molar-refractivity contribution in [2.24, 2.45) is 0 Å². The van der Waals surface area contributed by atoms with E-state index in [1.165, 1.54) is 0 Å². The topological polar surface area (TPSA) is 261 Å². The zero-order valence-electron chi connectivity index (χ0n) is 9.28. The molecular weight excluding hydrogens is 608 g/mol. The Morgan fingerprint density at radius 2 is 0.650 bits per heavy atom. The minimum atomic E-state index is -5.17. The maximum absolute atomic E-state index is 8.52. The van der Waals surface area contributed by atoms with Crippen molar-refractivity contribution < 1.29 is 141 Å². The van der Waals surface area contributed by atoms with Gasteiger partial charge in [0.2, 0.25) is 0 Å². The van der Waals surface area contributed by atoms with Gasteiger partial charge < -0.3 is 32.4 Å². The quantitative estimate of drug-likeness (QED) is 0.202. The number of hydrogen-bond donors (Lipinski definition) is 1. The molecule has 18 heteroatoms. The van der Waals surface area contributed by atoms with E-state index in [4.69, 9.17) is 57.7 Å². The standard InChI is InChI=1S/C2H6O.2Ce.3H2O4S/c1-2-3;;;3*1-5(2,3)4/h3H,2H2,1H3;;;3*(H2,1,2,3,4)/q;2*+3;;;/p-6. The molecule has 13 nitrogen and oxygen atoms in total. The fourth-order valence-corrected chi connectivity index (χ4v) is 0. The van der Waals surface area contributed by atoms with Crippen LogP contribution in [0.2, 0.25) is 0 Å².